The molecule has 0 fully saturated rings. The molecule has 50 valence electrons. The molecule has 0 bridgehead atoms. The van der Waals surface area contributed by atoms with Crippen LogP contribution in [0.3, 0.4) is 0 Å². The quantitative estimate of drug-likeness (QED) is 0.596. The van der Waals surface area contributed by atoms with Crippen LogP contribution in [0.1, 0.15) is 5.56 Å². The van der Waals surface area contributed by atoms with Gasteiger partial charge in [-0.05, 0) is 11.6 Å². The molecule has 10 heavy (non-hydrogen) atoms. The Balaban J connectivity index is 2.76. The zero-order valence-corrected chi connectivity index (χ0v) is 5.62. The van der Waals surface area contributed by atoms with Crippen LogP contribution in [0.5, 0.6) is 0 Å². The Morgan fingerprint density at radius 2 is 1.80 bits per heavy atom. The van der Waals surface area contributed by atoms with E-state index in [2.05, 4.69) is 0 Å². The molecule has 1 rings (SSSR count). The first-order valence-corrected chi connectivity index (χ1v) is 3.15. The number of nitrogens with one attached hydrogen (secondary N) is 1. The summed E-state index contributed by atoms with van der Waals surface area (Å²) < 4.78 is 0. The van der Waals surface area contributed by atoms with Crippen molar-refractivity contribution in [2.75, 3.05) is 0 Å². The second-order valence-electron chi connectivity index (χ2n) is 1.94. The fourth-order valence-electron chi connectivity index (χ4n) is 0.723. The molecule has 0 aliphatic heterocycles. The summed E-state index contributed by atoms with van der Waals surface area (Å²) in [5.41, 5.74) is 1.13. The van der Waals surface area contributed by atoms with Crippen LogP contribution in [-0.2, 0) is 0 Å². The van der Waals surface area contributed by atoms with Crippen molar-refractivity contribution in [2.45, 2.75) is 0 Å². The van der Waals surface area contributed by atoms with Gasteiger partial charge < -0.3 is 5.41 Å². The third-order valence-electron chi connectivity index (χ3n) is 1.18. The van der Waals surface area contributed by atoms with Gasteiger partial charge in [0.15, 0.2) is 0 Å². The van der Waals surface area contributed by atoms with Gasteiger partial charge in [0.05, 0.1) is 0 Å². The lowest BCUT2D eigenvalue weighted by Crippen LogP contribution is -1.67. The van der Waals surface area contributed by atoms with E-state index in [-0.39, 0.29) is 0 Å². The first-order chi connectivity index (χ1) is 4.93. The molecule has 0 aliphatic carbocycles. The predicted octanol–water partition coefficient (Wildman–Crippen LogP) is 2.35. The molecule has 0 atom stereocenters. The molecule has 0 heterocycles. The molecule has 0 aromatic heterocycles. The lowest BCUT2D eigenvalue weighted by atomic mass is 10.2. The molecule has 1 aromatic rings. The average Bonchev–Trinajstić information content (AvgIpc) is 2.03. The zero-order valence-electron chi connectivity index (χ0n) is 5.62. The summed E-state index contributed by atoms with van der Waals surface area (Å²) in [7, 11) is 0. The zero-order chi connectivity index (χ0) is 7.23. The Hall–Kier alpha value is -1.37. The summed E-state index contributed by atoms with van der Waals surface area (Å²) in [5.74, 6) is 0. The maximum atomic E-state index is 6.74. The number of hydrogen-bond donors (Lipinski definition) is 1. The molecule has 0 amide bonds. The smallest absolute Gasteiger partial charge is 0.0177 e. The van der Waals surface area contributed by atoms with Crippen molar-refractivity contribution in [3.63, 3.8) is 0 Å². The molecule has 0 radical (unpaired) electrons. The molecule has 0 aliphatic rings. The molecule has 0 saturated carbocycles. The summed E-state index contributed by atoms with van der Waals surface area (Å²) >= 11 is 0. The highest BCUT2D eigenvalue weighted by Gasteiger charge is 1.78. The molecule has 0 spiro atoms. The van der Waals surface area contributed by atoms with Crippen molar-refractivity contribution in [3.8, 4) is 0 Å². The van der Waals surface area contributed by atoms with E-state index in [0.717, 1.165) is 5.56 Å². The van der Waals surface area contributed by atoms with E-state index in [1.165, 1.54) is 6.21 Å². The molecule has 1 nitrogen and oxygen atoms in total. The van der Waals surface area contributed by atoms with Crippen LogP contribution in [0.15, 0.2) is 36.4 Å². The first-order valence-electron chi connectivity index (χ1n) is 3.15. The molecular formula is C9H9N. The maximum Gasteiger partial charge on any atom is 0.0177 e. The van der Waals surface area contributed by atoms with Gasteiger partial charge in [0.2, 0.25) is 0 Å². The lowest BCUT2D eigenvalue weighted by Gasteiger charge is -1.87. The number of benzene rings is 1. The normalized spacial score (nSPS) is 10.0. The van der Waals surface area contributed by atoms with Crippen LogP contribution in [0, 0.1) is 5.41 Å². The van der Waals surface area contributed by atoms with E-state index in [9.17, 15) is 0 Å². The molecular weight excluding hydrogens is 122 g/mol. The summed E-state index contributed by atoms with van der Waals surface area (Å²) in [5, 5.41) is 6.74. The monoisotopic (exact) mass is 131 g/mol. The van der Waals surface area contributed by atoms with Crippen molar-refractivity contribution in [1.82, 2.24) is 0 Å². The van der Waals surface area contributed by atoms with E-state index in [1.54, 1.807) is 6.08 Å². The van der Waals surface area contributed by atoms with Gasteiger partial charge in [-0.2, -0.15) is 0 Å². The van der Waals surface area contributed by atoms with Crippen molar-refractivity contribution in [2.24, 2.45) is 0 Å². The summed E-state index contributed by atoms with van der Waals surface area (Å²) in [6.45, 7) is 0. The van der Waals surface area contributed by atoms with Crippen LogP contribution in [0.4, 0.5) is 0 Å². The van der Waals surface area contributed by atoms with E-state index in [4.69, 9.17) is 5.41 Å². The van der Waals surface area contributed by atoms with Crippen LogP contribution in [0.2, 0.25) is 0 Å². The van der Waals surface area contributed by atoms with Gasteiger partial charge in [0, 0.05) is 6.21 Å². The minimum atomic E-state index is 1.13. The van der Waals surface area contributed by atoms with Gasteiger partial charge >= 0.3 is 0 Å². The number of hydrogen-bond acceptors (Lipinski definition) is 1. The van der Waals surface area contributed by atoms with Gasteiger partial charge in [-0.1, -0.05) is 36.4 Å². The summed E-state index contributed by atoms with van der Waals surface area (Å²) in [6, 6.07) is 9.93. The molecule has 1 aromatic carbocycles. The molecule has 0 unspecified atom stereocenters. The van der Waals surface area contributed by atoms with Crippen LogP contribution >= 0.6 is 0 Å². The van der Waals surface area contributed by atoms with Gasteiger partial charge in [-0.15, -0.1) is 0 Å². The Bertz CT molecular complexity index is 224. The molecule has 0 saturated heterocycles. The Kier molecular flexibility index (Phi) is 2.44. The van der Waals surface area contributed by atoms with E-state index in [0.29, 0.717) is 0 Å². The van der Waals surface area contributed by atoms with Crippen LogP contribution in [0.25, 0.3) is 6.08 Å². The lowest BCUT2D eigenvalue weighted by molar-refractivity contribution is 1.58. The van der Waals surface area contributed by atoms with Crippen LogP contribution in [-0.4, -0.2) is 6.21 Å². The third-order valence-corrected chi connectivity index (χ3v) is 1.18. The fourth-order valence-corrected chi connectivity index (χ4v) is 0.723. The van der Waals surface area contributed by atoms with Gasteiger partial charge in [0.1, 0.15) is 0 Å². The fraction of sp³-hybridized carbons (Fsp3) is 0. The topological polar surface area (TPSA) is 23.9 Å². The second-order valence-corrected chi connectivity index (χ2v) is 1.94. The molecule has 1 N–H and O–H groups in total. The molecule has 1 heteroatoms. The Labute approximate surface area is 60.5 Å². The summed E-state index contributed by atoms with van der Waals surface area (Å²) in [4.78, 5) is 0. The van der Waals surface area contributed by atoms with Crippen molar-refractivity contribution in [3.05, 3.63) is 42.0 Å². The second kappa shape index (κ2) is 3.62. The van der Waals surface area contributed by atoms with E-state index < -0.39 is 0 Å². The van der Waals surface area contributed by atoms with Gasteiger partial charge in [-0.3, -0.25) is 0 Å². The highest BCUT2D eigenvalue weighted by molar-refractivity contribution is 5.75. The SMILES string of the molecule is N=CC=Cc1ccccc1. The van der Waals surface area contributed by atoms with Crippen molar-refractivity contribution in [1.29, 1.82) is 5.41 Å². The van der Waals surface area contributed by atoms with Crippen molar-refractivity contribution < 1.29 is 0 Å². The maximum absolute atomic E-state index is 6.74. The minimum Gasteiger partial charge on any atom is -0.309 e. The highest BCUT2D eigenvalue weighted by atomic mass is 14.3. The first kappa shape index (κ1) is 6.75. The van der Waals surface area contributed by atoms with E-state index in [1.807, 2.05) is 36.4 Å². The summed E-state index contributed by atoms with van der Waals surface area (Å²) in [6.07, 6.45) is 4.87. The number of allylic oxidation sites excluding steroid dienone is 1. The average molecular weight is 131 g/mol. The van der Waals surface area contributed by atoms with Gasteiger partial charge in [-0.25, -0.2) is 0 Å². The standard InChI is InChI=1S/C9H9N/c10-8-4-7-9-5-2-1-3-6-9/h1-8,10H. The highest BCUT2D eigenvalue weighted by Crippen LogP contribution is 1.99. The Morgan fingerprint density at radius 3 is 2.40 bits per heavy atom. The third kappa shape index (κ3) is 1.86. The predicted molar refractivity (Wildman–Crippen MR) is 44.3 cm³/mol. The largest absolute Gasteiger partial charge is 0.309 e. The van der Waals surface area contributed by atoms with E-state index >= 15 is 0 Å². The van der Waals surface area contributed by atoms with Crippen molar-refractivity contribution >= 4 is 12.3 Å². The number of rotatable bonds is 2. The van der Waals surface area contributed by atoms with Gasteiger partial charge in [0.25, 0.3) is 0 Å². The Morgan fingerprint density at radius 1 is 1.10 bits per heavy atom. The minimum absolute atomic E-state index is 1.13. The van der Waals surface area contributed by atoms with Crippen LogP contribution < -0.4 is 0 Å².